The second-order valence-corrected chi connectivity index (χ2v) is 5.33. The Balaban J connectivity index is 3.04. The fraction of sp³-hybridized carbons (Fsp3) is 0.941. The number of hydrogen-bond donors (Lipinski definition) is 1. The van der Waals surface area contributed by atoms with Gasteiger partial charge in [-0.3, -0.25) is 4.79 Å². The van der Waals surface area contributed by atoms with Gasteiger partial charge in [0, 0.05) is 26.4 Å². The van der Waals surface area contributed by atoms with Crippen molar-refractivity contribution in [3.63, 3.8) is 0 Å². The number of unbranched alkanes of at least 4 members (excludes halogenated alkanes) is 5. The van der Waals surface area contributed by atoms with Gasteiger partial charge in [0.05, 0.1) is 13.2 Å². The molecule has 0 saturated carbocycles. The van der Waals surface area contributed by atoms with E-state index in [-0.39, 0.29) is 12.5 Å². The average Bonchev–Trinajstić information content (AvgIpc) is 2.53. The molecule has 0 saturated heterocycles. The van der Waals surface area contributed by atoms with Crippen LogP contribution in [0.3, 0.4) is 0 Å². The van der Waals surface area contributed by atoms with Crippen molar-refractivity contribution < 1.29 is 19.0 Å². The topological polar surface area (TPSA) is 56.8 Å². The summed E-state index contributed by atoms with van der Waals surface area (Å²) in [7, 11) is 0. The second kappa shape index (κ2) is 18.4. The van der Waals surface area contributed by atoms with Gasteiger partial charge in [-0.1, -0.05) is 26.2 Å². The first-order chi connectivity index (χ1) is 10.8. The summed E-state index contributed by atoms with van der Waals surface area (Å²) in [4.78, 5) is 11.2. The van der Waals surface area contributed by atoms with Crippen LogP contribution in [0, 0.1) is 0 Å². The summed E-state index contributed by atoms with van der Waals surface area (Å²) in [6.45, 7) is 8.54. The van der Waals surface area contributed by atoms with Crippen LogP contribution < -0.4 is 5.32 Å². The van der Waals surface area contributed by atoms with Crippen molar-refractivity contribution in [2.24, 2.45) is 0 Å². The molecule has 132 valence electrons. The fourth-order valence-corrected chi connectivity index (χ4v) is 1.93. The Bertz CT molecular complexity index is 237. The van der Waals surface area contributed by atoms with Crippen molar-refractivity contribution in [1.82, 2.24) is 5.32 Å². The first-order valence-electron chi connectivity index (χ1n) is 8.81. The molecule has 0 atom stereocenters. The van der Waals surface area contributed by atoms with E-state index in [1.807, 2.05) is 6.92 Å². The van der Waals surface area contributed by atoms with Gasteiger partial charge in [0.2, 0.25) is 5.91 Å². The molecule has 0 aromatic rings. The van der Waals surface area contributed by atoms with Crippen LogP contribution in [0.25, 0.3) is 0 Å². The van der Waals surface area contributed by atoms with E-state index < -0.39 is 0 Å². The Kier molecular flexibility index (Phi) is 17.9. The molecule has 0 spiro atoms. The van der Waals surface area contributed by atoms with E-state index >= 15 is 0 Å². The van der Waals surface area contributed by atoms with Crippen LogP contribution in [0.1, 0.15) is 58.8 Å². The van der Waals surface area contributed by atoms with E-state index in [9.17, 15) is 4.79 Å². The number of nitrogens with one attached hydrogen (secondary N) is 1. The standard InChI is InChI=1S/C17H35NO4/c1-3-5-6-9-12-21-14-15-22-13-10-7-8-11-18-17(19)16-20-4-2/h3-16H2,1-2H3,(H,18,19). The highest BCUT2D eigenvalue weighted by Gasteiger charge is 1.99. The zero-order valence-electron chi connectivity index (χ0n) is 14.5. The zero-order valence-corrected chi connectivity index (χ0v) is 14.5. The van der Waals surface area contributed by atoms with E-state index in [2.05, 4.69) is 12.2 Å². The predicted octanol–water partition coefficient (Wildman–Crippen LogP) is 2.92. The largest absolute Gasteiger partial charge is 0.379 e. The summed E-state index contributed by atoms with van der Waals surface area (Å²) >= 11 is 0. The molecule has 0 fully saturated rings. The van der Waals surface area contributed by atoms with Crippen molar-refractivity contribution in [3.8, 4) is 0 Å². The van der Waals surface area contributed by atoms with Crippen molar-refractivity contribution in [1.29, 1.82) is 0 Å². The van der Waals surface area contributed by atoms with Crippen LogP contribution in [0.4, 0.5) is 0 Å². The number of ether oxygens (including phenoxy) is 3. The van der Waals surface area contributed by atoms with Gasteiger partial charge in [-0.15, -0.1) is 0 Å². The maximum Gasteiger partial charge on any atom is 0.245 e. The van der Waals surface area contributed by atoms with E-state index in [0.717, 1.165) is 38.9 Å². The molecule has 0 bridgehead atoms. The van der Waals surface area contributed by atoms with Crippen LogP contribution in [0.5, 0.6) is 0 Å². The smallest absolute Gasteiger partial charge is 0.245 e. The minimum Gasteiger partial charge on any atom is -0.379 e. The van der Waals surface area contributed by atoms with E-state index in [0.29, 0.717) is 26.4 Å². The molecule has 0 radical (unpaired) electrons. The Hall–Kier alpha value is -0.650. The highest BCUT2D eigenvalue weighted by Crippen LogP contribution is 1.99. The molecule has 0 aromatic heterocycles. The molecule has 0 unspecified atom stereocenters. The number of carbonyl (C=O) groups is 1. The average molecular weight is 317 g/mol. The van der Waals surface area contributed by atoms with Gasteiger partial charge in [-0.25, -0.2) is 0 Å². The minimum absolute atomic E-state index is 0.0332. The van der Waals surface area contributed by atoms with Crippen LogP contribution >= 0.6 is 0 Å². The quantitative estimate of drug-likeness (QED) is 0.419. The Morgan fingerprint density at radius 2 is 1.41 bits per heavy atom. The Labute approximate surface area is 136 Å². The van der Waals surface area contributed by atoms with E-state index in [1.165, 1.54) is 19.3 Å². The summed E-state index contributed by atoms with van der Waals surface area (Å²) < 4.78 is 16.0. The van der Waals surface area contributed by atoms with Gasteiger partial charge in [0.15, 0.2) is 0 Å². The molecule has 0 rings (SSSR count). The molecule has 0 aliphatic rings. The van der Waals surface area contributed by atoms with Crippen molar-refractivity contribution in [2.75, 3.05) is 46.2 Å². The van der Waals surface area contributed by atoms with Gasteiger partial charge >= 0.3 is 0 Å². The van der Waals surface area contributed by atoms with Gasteiger partial charge in [-0.2, -0.15) is 0 Å². The van der Waals surface area contributed by atoms with Crippen molar-refractivity contribution in [3.05, 3.63) is 0 Å². The molecule has 1 amide bonds. The summed E-state index contributed by atoms with van der Waals surface area (Å²) in [5.74, 6) is -0.0332. The molecule has 1 N–H and O–H groups in total. The number of amides is 1. The molecule has 5 heteroatoms. The Morgan fingerprint density at radius 3 is 2.00 bits per heavy atom. The monoisotopic (exact) mass is 317 g/mol. The maximum atomic E-state index is 11.2. The van der Waals surface area contributed by atoms with E-state index in [1.54, 1.807) is 0 Å². The Morgan fingerprint density at radius 1 is 0.773 bits per heavy atom. The SMILES string of the molecule is CCCCCCOCCOCCCCCNC(=O)COCC. The van der Waals surface area contributed by atoms with Gasteiger partial charge in [-0.05, 0) is 32.6 Å². The minimum atomic E-state index is -0.0332. The van der Waals surface area contributed by atoms with E-state index in [4.69, 9.17) is 14.2 Å². The highest BCUT2D eigenvalue weighted by molar-refractivity contribution is 5.77. The molecule has 0 aliphatic carbocycles. The van der Waals surface area contributed by atoms with Crippen molar-refractivity contribution in [2.45, 2.75) is 58.8 Å². The van der Waals surface area contributed by atoms with Crippen LogP contribution in [-0.2, 0) is 19.0 Å². The molecule has 0 aliphatic heterocycles. The molecular weight excluding hydrogens is 282 g/mol. The lowest BCUT2D eigenvalue weighted by Gasteiger charge is -2.07. The third-order valence-electron chi connectivity index (χ3n) is 3.24. The molecule has 0 aromatic carbocycles. The lowest BCUT2D eigenvalue weighted by Crippen LogP contribution is -2.28. The highest BCUT2D eigenvalue weighted by atomic mass is 16.5. The third kappa shape index (κ3) is 17.4. The van der Waals surface area contributed by atoms with Crippen molar-refractivity contribution >= 4 is 5.91 Å². The molecular formula is C17H35NO4. The summed E-state index contributed by atoms with van der Waals surface area (Å²) in [5.41, 5.74) is 0. The van der Waals surface area contributed by atoms with Gasteiger partial charge in [0.25, 0.3) is 0 Å². The maximum absolute atomic E-state index is 11.2. The first-order valence-corrected chi connectivity index (χ1v) is 8.81. The lowest BCUT2D eigenvalue weighted by atomic mass is 10.2. The number of carbonyl (C=O) groups excluding carboxylic acids is 1. The number of hydrogen-bond acceptors (Lipinski definition) is 4. The van der Waals surface area contributed by atoms with Gasteiger partial charge in [0.1, 0.15) is 6.61 Å². The van der Waals surface area contributed by atoms with Crippen LogP contribution in [0.15, 0.2) is 0 Å². The second-order valence-electron chi connectivity index (χ2n) is 5.33. The molecule has 0 heterocycles. The summed E-state index contributed by atoms with van der Waals surface area (Å²) in [6.07, 6.45) is 8.05. The normalized spacial score (nSPS) is 10.8. The summed E-state index contributed by atoms with van der Waals surface area (Å²) in [5, 5.41) is 2.83. The molecule has 5 nitrogen and oxygen atoms in total. The molecule has 22 heavy (non-hydrogen) atoms. The summed E-state index contributed by atoms with van der Waals surface area (Å²) in [6, 6.07) is 0. The fourth-order valence-electron chi connectivity index (χ4n) is 1.93. The zero-order chi connectivity index (χ0) is 16.3. The predicted molar refractivity (Wildman–Crippen MR) is 89.1 cm³/mol. The van der Waals surface area contributed by atoms with Gasteiger partial charge < -0.3 is 19.5 Å². The van der Waals surface area contributed by atoms with Crippen LogP contribution in [-0.4, -0.2) is 52.1 Å². The third-order valence-corrected chi connectivity index (χ3v) is 3.24. The first kappa shape index (κ1) is 21.4. The lowest BCUT2D eigenvalue weighted by molar-refractivity contribution is -0.125. The van der Waals surface area contributed by atoms with Crippen LogP contribution in [0.2, 0.25) is 0 Å². The number of rotatable bonds is 17.